The standard InChI is InChI=1S/C11H13O3/c1-8(14-9(2)12)10-4-6-11(13-3)7-5-10/h4-8H,1H2,2-3H3. The van der Waals surface area contributed by atoms with Gasteiger partial charge in [0.05, 0.1) is 7.11 Å². The number of benzene rings is 1. The fourth-order valence-electron chi connectivity index (χ4n) is 1.09. The van der Waals surface area contributed by atoms with Crippen molar-refractivity contribution in [3.05, 3.63) is 36.8 Å². The minimum Gasteiger partial charge on any atom is -0.497 e. The van der Waals surface area contributed by atoms with Crippen molar-refractivity contribution in [1.82, 2.24) is 0 Å². The number of carbonyl (C=O) groups excluding carboxylic acids is 1. The summed E-state index contributed by atoms with van der Waals surface area (Å²) in [6, 6.07) is 7.24. The van der Waals surface area contributed by atoms with Crippen LogP contribution >= 0.6 is 0 Å². The third kappa shape index (κ3) is 2.76. The van der Waals surface area contributed by atoms with Crippen LogP contribution in [0.15, 0.2) is 24.3 Å². The van der Waals surface area contributed by atoms with E-state index < -0.39 is 6.10 Å². The summed E-state index contributed by atoms with van der Waals surface area (Å²) in [6.45, 7) is 5.08. The summed E-state index contributed by atoms with van der Waals surface area (Å²) in [6.07, 6.45) is -0.460. The predicted molar refractivity (Wildman–Crippen MR) is 52.9 cm³/mol. The van der Waals surface area contributed by atoms with Gasteiger partial charge in [0, 0.05) is 6.92 Å². The van der Waals surface area contributed by atoms with E-state index in [-0.39, 0.29) is 5.97 Å². The van der Waals surface area contributed by atoms with E-state index in [9.17, 15) is 4.79 Å². The van der Waals surface area contributed by atoms with Crippen LogP contribution in [0.1, 0.15) is 18.6 Å². The molecule has 1 atom stereocenters. The zero-order chi connectivity index (χ0) is 10.6. The van der Waals surface area contributed by atoms with Crippen molar-refractivity contribution in [2.45, 2.75) is 13.0 Å². The molecule has 0 aliphatic heterocycles. The molecule has 0 fully saturated rings. The lowest BCUT2D eigenvalue weighted by Crippen LogP contribution is -2.04. The third-order valence-corrected chi connectivity index (χ3v) is 1.80. The van der Waals surface area contributed by atoms with Crippen LogP contribution in [0.3, 0.4) is 0 Å². The van der Waals surface area contributed by atoms with Gasteiger partial charge in [0.15, 0.2) is 0 Å². The molecular formula is C11H13O3. The number of methoxy groups -OCH3 is 1. The minimum absolute atomic E-state index is 0.333. The van der Waals surface area contributed by atoms with Crippen LogP contribution in [0.2, 0.25) is 0 Å². The van der Waals surface area contributed by atoms with E-state index in [0.717, 1.165) is 11.3 Å². The summed E-state index contributed by atoms with van der Waals surface area (Å²) >= 11 is 0. The zero-order valence-corrected chi connectivity index (χ0v) is 8.32. The number of ether oxygens (including phenoxy) is 2. The van der Waals surface area contributed by atoms with Crippen molar-refractivity contribution in [3.63, 3.8) is 0 Å². The number of esters is 1. The fraction of sp³-hybridized carbons (Fsp3) is 0.273. The Labute approximate surface area is 83.6 Å². The second kappa shape index (κ2) is 4.65. The zero-order valence-electron chi connectivity index (χ0n) is 8.32. The van der Waals surface area contributed by atoms with Gasteiger partial charge in [0.2, 0.25) is 0 Å². The molecule has 1 aromatic carbocycles. The average molecular weight is 193 g/mol. The Balaban J connectivity index is 2.71. The van der Waals surface area contributed by atoms with Gasteiger partial charge in [0.25, 0.3) is 0 Å². The molecule has 3 nitrogen and oxygen atoms in total. The van der Waals surface area contributed by atoms with Crippen molar-refractivity contribution in [2.24, 2.45) is 0 Å². The summed E-state index contributed by atoms with van der Waals surface area (Å²) in [7, 11) is 1.60. The summed E-state index contributed by atoms with van der Waals surface area (Å²) in [5, 5.41) is 0. The van der Waals surface area contributed by atoms with E-state index >= 15 is 0 Å². The SMILES string of the molecule is [CH2]C(OC(C)=O)c1ccc(OC)cc1. The second-order valence-corrected chi connectivity index (χ2v) is 2.87. The molecule has 75 valence electrons. The van der Waals surface area contributed by atoms with Crippen molar-refractivity contribution in [3.8, 4) is 5.75 Å². The Morgan fingerprint density at radius 1 is 1.36 bits per heavy atom. The summed E-state index contributed by atoms with van der Waals surface area (Å²) in [5.74, 6) is 0.435. The van der Waals surface area contributed by atoms with Crippen LogP contribution in [-0.4, -0.2) is 13.1 Å². The lowest BCUT2D eigenvalue weighted by Gasteiger charge is -2.12. The predicted octanol–water partition coefficient (Wildman–Crippen LogP) is 2.13. The Bertz CT molecular complexity index is 303. The second-order valence-electron chi connectivity index (χ2n) is 2.87. The van der Waals surface area contributed by atoms with Crippen LogP contribution in [-0.2, 0) is 9.53 Å². The van der Waals surface area contributed by atoms with E-state index in [2.05, 4.69) is 6.92 Å². The molecule has 1 rings (SSSR count). The first-order valence-corrected chi connectivity index (χ1v) is 4.27. The van der Waals surface area contributed by atoms with Crippen LogP contribution in [0.25, 0.3) is 0 Å². The van der Waals surface area contributed by atoms with Crippen molar-refractivity contribution in [2.75, 3.05) is 7.11 Å². The maximum Gasteiger partial charge on any atom is 0.303 e. The van der Waals surface area contributed by atoms with E-state index in [1.165, 1.54) is 6.92 Å². The van der Waals surface area contributed by atoms with Crippen LogP contribution in [0.4, 0.5) is 0 Å². The molecule has 0 aliphatic carbocycles. The van der Waals surface area contributed by atoms with Crippen molar-refractivity contribution < 1.29 is 14.3 Å². The highest BCUT2D eigenvalue weighted by Gasteiger charge is 2.07. The van der Waals surface area contributed by atoms with Gasteiger partial charge >= 0.3 is 5.97 Å². The monoisotopic (exact) mass is 193 g/mol. The maximum atomic E-state index is 10.7. The van der Waals surface area contributed by atoms with Gasteiger partial charge in [-0.05, 0) is 24.6 Å². The molecule has 0 N–H and O–H groups in total. The molecule has 14 heavy (non-hydrogen) atoms. The molecule has 0 heterocycles. The molecule has 0 saturated heterocycles. The topological polar surface area (TPSA) is 35.5 Å². The first-order valence-electron chi connectivity index (χ1n) is 4.27. The van der Waals surface area contributed by atoms with Gasteiger partial charge < -0.3 is 9.47 Å². The van der Waals surface area contributed by atoms with Gasteiger partial charge in [0.1, 0.15) is 11.9 Å². The molecule has 0 aliphatic rings. The largest absolute Gasteiger partial charge is 0.497 e. The maximum absolute atomic E-state index is 10.7. The van der Waals surface area contributed by atoms with Crippen LogP contribution in [0, 0.1) is 6.92 Å². The molecule has 1 radical (unpaired) electrons. The van der Waals surface area contributed by atoms with E-state index in [1.54, 1.807) is 19.2 Å². The number of hydrogen-bond donors (Lipinski definition) is 0. The number of hydrogen-bond acceptors (Lipinski definition) is 3. The summed E-state index contributed by atoms with van der Waals surface area (Å²) in [5.41, 5.74) is 0.848. The average Bonchev–Trinajstić information content (AvgIpc) is 2.17. The quantitative estimate of drug-likeness (QED) is 0.690. The first kappa shape index (κ1) is 10.6. The van der Waals surface area contributed by atoms with Gasteiger partial charge in [-0.25, -0.2) is 0 Å². The van der Waals surface area contributed by atoms with Crippen molar-refractivity contribution >= 4 is 5.97 Å². The van der Waals surface area contributed by atoms with Crippen molar-refractivity contribution in [1.29, 1.82) is 0 Å². The highest BCUT2D eigenvalue weighted by molar-refractivity contribution is 5.66. The molecular weight excluding hydrogens is 180 g/mol. The number of carbonyl (C=O) groups is 1. The van der Waals surface area contributed by atoms with E-state index in [1.807, 2.05) is 12.1 Å². The lowest BCUT2D eigenvalue weighted by molar-refractivity contribution is -0.144. The van der Waals surface area contributed by atoms with Crippen LogP contribution < -0.4 is 4.74 Å². The number of rotatable bonds is 3. The Kier molecular flexibility index (Phi) is 3.51. The molecule has 0 spiro atoms. The van der Waals surface area contributed by atoms with Gasteiger partial charge in [-0.15, -0.1) is 0 Å². The van der Waals surface area contributed by atoms with Gasteiger partial charge in [-0.2, -0.15) is 0 Å². The third-order valence-electron chi connectivity index (χ3n) is 1.80. The lowest BCUT2D eigenvalue weighted by atomic mass is 10.1. The fourth-order valence-corrected chi connectivity index (χ4v) is 1.09. The Morgan fingerprint density at radius 2 is 1.93 bits per heavy atom. The summed E-state index contributed by atoms with van der Waals surface area (Å²) < 4.78 is 9.92. The van der Waals surface area contributed by atoms with Crippen LogP contribution in [0.5, 0.6) is 5.75 Å². The first-order chi connectivity index (χ1) is 6.63. The van der Waals surface area contributed by atoms with E-state index in [4.69, 9.17) is 9.47 Å². The highest BCUT2D eigenvalue weighted by Crippen LogP contribution is 2.19. The molecule has 0 saturated carbocycles. The molecule has 0 amide bonds. The normalized spacial score (nSPS) is 11.9. The molecule has 3 heteroatoms. The van der Waals surface area contributed by atoms with E-state index in [0.29, 0.717) is 0 Å². The summed E-state index contributed by atoms with van der Waals surface area (Å²) in [4.78, 5) is 10.7. The highest BCUT2D eigenvalue weighted by atomic mass is 16.5. The Hall–Kier alpha value is -1.51. The van der Waals surface area contributed by atoms with Gasteiger partial charge in [-0.1, -0.05) is 12.1 Å². The molecule has 0 aromatic heterocycles. The molecule has 1 unspecified atom stereocenters. The molecule has 0 bridgehead atoms. The Morgan fingerprint density at radius 3 is 2.36 bits per heavy atom. The minimum atomic E-state index is -0.460. The smallest absolute Gasteiger partial charge is 0.303 e. The van der Waals surface area contributed by atoms with Gasteiger partial charge in [-0.3, -0.25) is 4.79 Å². The molecule has 1 aromatic rings.